The van der Waals surface area contributed by atoms with Crippen molar-refractivity contribution >= 4 is 17.1 Å². The Balaban J connectivity index is 5.17. The highest BCUT2D eigenvalue weighted by Crippen LogP contribution is 2.33. The summed E-state index contributed by atoms with van der Waals surface area (Å²) in [6.07, 6.45) is 0.984. The largest absolute Gasteiger partial charge is 0.303 e. The van der Waals surface area contributed by atoms with Crippen molar-refractivity contribution < 1.29 is 9.00 Å². The fourth-order valence-electron chi connectivity index (χ4n) is 2.59. The number of allylic oxidation sites excluding steroid dienone is 1. The van der Waals surface area contributed by atoms with E-state index in [1.807, 2.05) is 20.8 Å². The molecule has 0 radical (unpaired) electrons. The van der Waals surface area contributed by atoms with Gasteiger partial charge in [-0.05, 0) is 17.8 Å². The minimum Gasteiger partial charge on any atom is -0.303 e. The molecule has 0 aromatic rings. The summed E-state index contributed by atoms with van der Waals surface area (Å²) in [6, 6.07) is 0. The SMILES string of the molecule is C=C(C(C)C)C(C)C(C(C)C=O)C(C)S(=O)CC. The molecule has 106 valence electrons. The second kappa shape index (κ2) is 7.88. The Morgan fingerprint density at radius 2 is 1.72 bits per heavy atom. The molecule has 5 unspecified atom stereocenters. The highest BCUT2D eigenvalue weighted by molar-refractivity contribution is 7.85. The molecule has 0 aliphatic rings. The van der Waals surface area contributed by atoms with Crippen molar-refractivity contribution in [3.05, 3.63) is 12.2 Å². The molecule has 0 spiro atoms. The van der Waals surface area contributed by atoms with E-state index in [-0.39, 0.29) is 23.0 Å². The number of hydrogen-bond donors (Lipinski definition) is 0. The number of aldehydes is 1. The third-order valence-electron chi connectivity index (χ3n) is 3.97. The molecule has 0 fully saturated rings. The monoisotopic (exact) mass is 272 g/mol. The van der Waals surface area contributed by atoms with Gasteiger partial charge in [-0.25, -0.2) is 0 Å². The van der Waals surface area contributed by atoms with E-state index in [9.17, 15) is 9.00 Å². The Morgan fingerprint density at radius 1 is 1.22 bits per heavy atom. The number of carbonyl (C=O) groups excluding carboxylic acids is 1. The van der Waals surface area contributed by atoms with Crippen molar-refractivity contribution in [1.82, 2.24) is 0 Å². The van der Waals surface area contributed by atoms with Crippen LogP contribution in [0, 0.1) is 23.7 Å². The molecule has 3 heteroatoms. The third kappa shape index (κ3) is 4.34. The lowest BCUT2D eigenvalue weighted by atomic mass is 9.76. The van der Waals surface area contributed by atoms with Gasteiger partial charge in [-0.3, -0.25) is 4.21 Å². The Hall–Kier alpha value is -0.440. The van der Waals surface area contributed by atoms with E-state index in [1.165, 1.54) is 0 Å². The normalized spacial score (nSPS) is 19.9. The lowest BCUT2D eigenvalue weighted by Crippen LogP contribution is -2.35. The van der Waals surface area contributed by atoms with Gasteiger partial charge in [0.2, 0.25) is 0 Å². The second-order valence-electron chi connectivity index (χ2n) is 5.47. The minimum atomic E-state index is -0.874. The molecule has 0 aliphatic heterocycles. The predicted molar refractivity (Wildman–Crippen MR) is 80.0 cm³/mol. The minimum absolute atomic E-state index is 0.0284. The molecular weight excluding hydrogens is 244 g/mol. The zero-order chi connectivity index (χ0) is 14.5. The highest BCUT2D eigenvalue weighted by atomic mass is 32.2. The third-order valence-corrected chi connectivity index (χ3v) is 5.68. The maximum Gasteiger partial charge on any atom is 0.123 e. The van der Waals surface area contributed by atoms with E-state index in [4.69, 9.17) is 0 Å². The maximum absolute atomic E-state index is 12.0. The van der Waals surface area contributed by atoms with Gasteiger partial charge in [0.25, 0.3) is 0 Å². The summed E-state index contributed by atoms with van der Waals surface area (Å²) in [4.78, 5) is 11.1. The van der Waals surface area contributed by atoms with Gasteiger partial charge >= 0.3 is 0 Å². The van der Waals surface area contributed by atoms with E-state index in [0.717, 1.165) is 11.9 Å². The van der Waals surface area contributed by atoms with Gasteiger partial charge < -0.3 is 4.79 Å². The summed E-state index contributed by atoms with van der Waals surface area (Å²) in [7, 11) is -0.874. The van der Waals surface area contributed by atoms with Crippen LogP contribution >= 0.6 is 0 Å². The summed E-state index contributed by atoms with van der Waals surface area (Å²) < 4.78 is 12.0. The van der Waals surface area contributed by atoms with Gasteiger partial charge in [-0.2, -0.15) is 0 Å². The van der Waals surface area contributed by atoms with Crippen molar-refractivity contribution in [1.29, 1.82) is 0 Å². The fraction of sp³-hybridized carbons (Fsp3) is 0.800. The van der Waals surface area contributed by atoms with Crippen molar-refractivity contribution in [3.8, 4) is 0 Å². The molecule has 0 amide bonds. The van der Waals surface area contributed by atoms with Crippen LogP contribution < -0.4 is 0 Å². The Bertz CT molecular complexity index is 310. The number of carbonyl (C=O) groups is 1. The lowest BCUT2D eigenvalue weighted by molar-refractivity contribution is -0.112. The topological polar surface area (TPSA) is 34.1 Å². The second-order valence-corrected chi connectivity index (χ2v) is 7.55. The van der Waals surface area contributed by atoms with E-state index in [0.29, 0.717) is 11.7 Å². The average molecular weight is 272 g/mol. The molecule has 0 aromatic carbocycles. The lowest BCUT2D eigenvalue weighted by Gasteiger charge is -2.34. The average Bonchev–Trinajstić information content (AvgIpc) is 2.35. The van der Waals surface area contributed by atoms with Crippen LogP contribution in [0.3, 0.4) is 0 Å². The first-order valence-electron chi connectivity index (χ1n) is 6.78. The molecule has 0 rings (SSSR count). The van der Waals surface area contributed by atoms with Gasteiger partial charge in [0, 0.05) is 27.7 Å². The molecule has 18 heavy (non-hydrogen) atoms. The summed E-state index contributed by atoms with van der Waals surface area (Å²) in [5.74, 6) is 1.28. The van der Waals surface area contributed by atoms with E-state index in [2.05, 4.69) is 27.4 Å². The van der Waals surface area contributed by atoms with Crippen LogP contribution in [0.2, 0.25) is 0 Å². The van der Waals surface area contributed by atoms with Gasteiger partial charge in [0.15, 0.2) is 0 Å². The molecule has 0 heterocycles. The highest BCUT2D eigenvalue weighted by Gasteiger charge is 2.33. The van der Waals surface area contributed by atoms with Crippen LogP contribution in [0.4, 0.5) is 0 Å². The molecule has 0 aliphatic carbocycles. The Kier molecular flexibility index (Phi) is 7.69. The summed E-state index contributed by atoms with van der Waals surface area (Å²) in [6.45, 7) is 16.3. The van der Waals surface area contributed by atoms with Crippen molar-refractivity contribution in [2.45, 2.75) is 46.8 Å². The predicted octanol–water partition coefficient (Wildman–Crippen LogP) is 3.44. The molecular formula is C15H28O2S. The molecule has 0 saturated heterocycles. The molecule has 5 atom stereocenters. The first kappa shape index (κ1) is 17.6. The summed E-state index contributed by atoms with van der Waals surface area (Å²) >= 11 is 0. The van der Waals surface area contributed by atoms with E-state index >= 15 is 0 Å². The van der Waals surface area contributed by atoms with Crippen LogP contribution in [0.5, 0.6) is 0 Å². The van der Waals surface area contributed by atoms with Crippen LogP contribution in [-0.4, -0.2) is 21.5 Å². The number of rotatable bonds is 8. The molecule has 0 N–H and O–H groups in total. The first-order chi connectivity index (χ1) is 8.27. The number of hydrogen-bond acceptors (Lipinski definition) is 2. The molecule has 0 bridgehead atoms. The quantitative estimate of drug-likeness (QED) is 0.501. The molecule has 0 aromatic heterocycles. The fourth-order valence-corrected chi connectivity index (χ4v) is 3.95. The first-order valence-corrected chi connectivity index (χ1v) is 8.17. The zero-order valence-electron chi connectivity index (χ0n) is 12.6. The van der Waals surface area contributed by atoms with Gasteiger partial charge in [-0.15, -0.1) is 0 Å². The molecule has 2 nitrogen and oxygen atoms in total. The Morgan fingerprint density at radius 3 is 2.06 bits per heavy atom. The van der Waals surface area contributed by atoms with Crippen LogP contribution in [0.15, 0.2) is 12.2 Å². The van der Waals surface area contributed by atoms with E-state index in [1.54, 1.807) is 0 Å². The van der Waals surface area contributed by atoms with E-state index < -0.39 is 10.8 Å². The van der Waals surface area contributed by atoms with Gasteiger partial charge in [0.05, 0.1) is 0 Å². The molecule has 0 saturated carbocycles. The van der Waals surface area contributed by atoms with Crippen LogP contribution in [0.25, 0.3) is 0 Å². The van der Waals surface area contributed by atoms with Crippen molar-refractivity contribution in [3.63, 3.8) is 0 Å². The summed E-state index contributed by atoms with van der Waals surface area (Å²) in [5.41, 5.74) is 1.15. The smallest absolute Gasteiger partial charge is 0.123 e. The van der Waals surface area contributed by atoms with Gasteiger partial charge in [-0.1, -0.05) is 53.7 Å². The van der Waals surface area contributed by atoms with Gasteiger partial charge in [0.1, 0.15) is 6.29 Å². The van der Waals surface area contributed by atoms with Crippen molar-refractivity contribution in [2.24, 2.45) is 23.7 Å². The Labute approximate surface area is 115 Å². The summed E-state index contributed by atoms with van der Waals surface area (Å²) in [5, 5.41) is 0.0284. The maximum atomic E-state index is 12.0. The van der Waals surface area contributed by atoms with Crippen molar-refractivity contribution in [2.75, 3.05) is 5.75 Å². The standard InChI is InChI=1S/C15H28O2S/c1-8-18(17)14(7)15(11(4)9-16)13(6)12(5)10(2)3/h9-11,13-15H,5,8H2,1-4,6-7H3. The zero-order valence-corrected chi connectivity index (χ0v) is 13.4. The van der Waals surface area contributed by atoms with Crippen LogP contribution in [0.1, 0.15) is 41.5 Å². The van der Waals surface area contributed by atoms with Crippen LogP contribution in [-0.2, 0) is 15.6 Å².